The number of aliphatic hydroxyl groups is 1. The fourth-order valence-corrected chi connectivity index (χ4v) is 5.76. The third-order valence-electron chi connectivity index (χ3n) is 8.08. The van der Waals surface area contributed by atoms with Crippen molar-refractivity contribution in [1.29, 1.82) is 0 Å². The van der Waals surface area contributed by atoms with Crippen LogP contribution in [0, 0.1) is 5.82 Å². The molecule has 37 heavy (non-hydrogen) atoms. The van der Waals surface area contributed by atoms with Gasteiger partial charge in [-0.1, -0.05) is 25.5 Å². The highest BCUT2D eigenvalue weighted by molar-refractivity contribution is 5.94. The van der Waals surface area contributed by atoms with E-state index in [0.717, 1.165) is 92.4 Å². The second-order valence-electron chi connectivity index (χ2n) is 11.1. The Bertz CT molecular complexity index is 1200. The molecule has 0 spiro atoms. The van der Waals surface area contributed by atoms with Crippen LogP contribution in [-0.2, 0) is 6.54 Å². The molecule has 3 aromatic rings. The number of aromatic nitrogens is 3. The van der Waals surface area contributed by atoms with Gasteiger partial charge in [-0.15, -0.1) is 0 Å². The smallest absolute Gasteiger partial charge is 0.224 e. The zero-order chi connectivity index (χ0) is 25.9. The molecule has 200 valence electrons. The van der Waals surface area contributed by atoms with Crippen molar-refractivity contribution in [2.24, 2.45) is 0 Å². The summed E-state index contributed by atoms with van der Waals surface area (Å²) in [6.45, 7) is 8.93. The molecule has 1 atom stereocenters. The van der Waals surface area contributed by atoms with Gasteiger partial charge >= 0.3 is 0 Å². The topological polar surface area (TPSA) is 69.5 Å². The van der Waals surface area contributed by atoms with Crippen LogP contribution in [0.25, 0.3) is 22.2 Å². The van der Waals surface area contributed by atoms with E-state index in [9.17, 15) is 5.11 Å². The molecule has 0 radical (unpaired) electrons. The lowest BCUT2D eigenvalue weighted by atomic mass is 9.93. The summed E-state index contributed by atoms with van der Waals surface area (Å²) in [5.41, 5.74) is 3.42. The fourth-order valence-electron chi connectivity index (χ4n) is 5.76. The zero-order valence-corrected chi connectivity index (χ0v) is 22.5. The Balaban J connectivity index is 1.46. The van der Waals surface area contributed by atoms with Gasteiger partial charge in [-0.2, -0.15) is 4.98 Å². The molecule has 2 aromatic heterocycles. The van der Waals surface area contributed by atoms with Crippen LogP contribution in [-0.4, -0.2) is 74.8 Å². The van der Waals surface area contributed by atoms with Gasteiger partial charge in [0.15, 0.2) is 0 Å². The van der Waals surface area contributed by atoms with Gasteiger partial charge in [0.2, 0.25) is 5.95 Å². The van der Waals surface area contributed by atoms with Crippen molar-refractivity contribution in [2.75, 3.05) is 38.5 Å². The molecule has 1 saturated heterocycles. The molecule has 1 aliphatic carbocycles. The Morgan fingerprint density at radius 1 is 1.14 bits per heavy atom. The maximum atomic E-state index is 15.3. The number of hydrogen-bond acceptors (Lipinski definition) is 6. The number of nitrogens with one attached hydrogen (secondary N) is 1. The van der Waals surface area contributed by atoms with Gasteiger partial charge in [0, 0.05) is 73.7 Å². The van der Waals surface area contributed by atoms with E-state index < -0.39 is 0 Å². The standard InChI is InChI=1S/C29H41FN6O/c1-4-5-20(2)32-29-31-17-25-26(19-36(28(25)33-29)23-8-10-24(37)11-9-23)21-6-7-22(27(30)16-21)18-35-14-12-34(3)13-15-35/h6-7,16-17,19-20,23-24,37H,4-5,8-15,18H2,1-3H3,(H,31,32,33)/t20-,23-,24-/m0/s1. The SMILES string of the molecule is CCC[C@H](C)Nc1ncc2c(-c3ccc(CN4CCN(C)CC4)c(F)c3)cn([C@H]3CC[C@H](O)CC3)c2n1. The van der Waals surface area contributed by atoms with E-state index >= 15 is 4.39 Å². The van der Waals surface area contributed by atoms with Crippen molar-refractivity contribution in [3.05, 3.63) is 42.0 Å². The van der Waals surface area contributed by atoms with Gasteiger partial charge in [0.1, 0.15) is 11.5 Å². The molecule has 1 aromatic carbocycles. The van der Waals surface area contributed by atoms with Crippen LogP contribution in [0.3, 0.4) is 0 Å². The number of benzene rings is 1. The predicted octanol–water partition coefficient (Wildman–Crippen LogP) is 5.06. The third kappa shape index (κ3) is 5.97. The molecule has 2 aliphatic rings. The number of piperazine rings is 1. The van der Waals surface area contributed by atoms with Gasteiger partial charge in [0.25, 0.3) is 0 Å². The summed E-state index contributed by atoms with van der Waals surface area (Å²) < 4.78 is 17.6. The number of halogens is 1. The van der Waals surface area contributed by atoms with E-state index in [4.69, 9.17) is 4.98 Å². The second-order valence-corrected chi connectivity index (χ2v) is 11.1. The average molecular weight is 509 g/mol. The number of anilines is 1. The molecule has 1 saturated carbocycles. The highest BCUT2D eigenvalue weighted by Gasteiger charge is 2.25. The van der Waals surface area contributed by atoms with E-state index in [2.05, 4.69) is 51.8 Å². The van der Waals surface area contributed by atoms with Crippen molar-refractivity contribution >= 4 is 17.0 Å². The van der Waals surface area contributed by atoms with Crippen molar-refractivity contribution in [1.82, 2.24) is 24.3 Å². The first-order chi connectivity index (χ1) is 17.9. The van der Waals surface area contributed by atoms with Crippen LogP contribution in [0.1, 0.15) is 64.0 Å². The van der Waals surface area contributed by atoms with Crippen LogP contribution in [0.4, 0.5) is 10.3 Å². The van der Waals surface area contributed by atoms with E-state index in [1.807, 2.05) is 18.3 Å². The van der Waals surface area contributed by atoms with E-state index in [1.165, 1.54) is 0 Å². The molecule has 5 rings (SSSR count). The lowest BCUT2D eigenvalue weighted by Gasteiger charge is -2.32. The summed E-state index contributed by atoms with van der Waals surface area (Å²) in [6, 6.07) is 6.19. The molecule has 2 fully saturated rings. The number of nitrogens with zero attached hydrogens (tertiary/aromatic N) is 5. The summed E-state index contributed by atoms with van der Waals surface area (Å²) in [6.07, 6.45) is 9.31. The maximum absolute atomic E-state index is 15.3. The highest BCUT2D eigenvalue weighted by Crippen LogP contribution is 2.37. The molecular formula is C29H41FN6O. The highest BCUT2D eigenvalue weighted by atomic mass is 19.1. The minimum atomic E-state index is -0.221. The first kappa shape index (κ1) is 26.1. The summed E-state index contributed by atoms with van der Waals surface area (Å²) in [4.78, 5) is 14.2. The zero-order valence-electron chi connectivity index (χ0n) is 22.5. The molecule has 8 heteroatoms. The van der Waals surface area contributed by atoms with Gasteiger partial charge in [-0.3, -0.25) is 4.90 Å². The number of hydrogen-bond donors (Lipinski definition) is 2. The van der Waals surface area contributed by atoms with Crippen LogP contribution in [0.2, 0.25) is 0 Å². The Hall–Kier alpha value is -2.55. The summed E-state index contributed by atoms with van der Waals surface area (Å²) >= 11 is 0. The minimum absolute atomic E-state index is 0.161. The Labute approximate surface area is 219 Å². The Morgan fingerprint density at radius 3 is 2.59 bits per heavy atom. The monoisotopic (exact) mass is 508 g/mol. The first-order valence-corrected chi connectivity index (χ1v) is 13.9. The number of likely N-dealkylation sites (N-methyl/N-ethyl adjacent to an activating group) is 1. The van der Waals surface area contributed by atoms with Crippen molar-refractivity contribution in [3.8, 4) is 11.1 Å². The van der Waals surface area contributed by atoms with Crippen LogP contribution in [0.5, 0.6) is 0 Å². The number of rotatable bonds is 8. The number of aliphatic hydroxyl groups excluding tert-OH is 1. The molecule has 1 aliphatic heterocycles. The van der Waals surface area contributed by atoms with Gasteiger partial charge in [0.05, 0.1) is 6.10 Å². The molecule has 0 bridgehead atoms. The van der Waals surface area contributed by atoms with Crippen LogP contribution < -0.4 is 5.32 Å². The summed E-state index contributed by atoms with van der Waals surface area (Å²) in [7, 11) is 2.13. The summed E-state index contributed by atoms with van der Waals surface area (Å²) in [5.74, 6) is 0.467. The van der Waals surface area contributed by atoms with E-state index in [0.29, 0.717) is 12.5 Å². The molecule has 0 amide bonds. The van der Waals surface area contributed by atoms with E-state index in [-0.39, 0.29) is 24.0 Å². The van der Waals surface area contributed by atoms with Crippen molar-refractivity contribution < 1.29 is 9.50 Å². The fraction of sp³-hybridized carbons (Fsp3) is 0.586. The lowest BCUT2D eigenvalue weighted by Crippen LogP contribution is -2.44. The van der Waals surface area contributed by atoms with Gasteiger partial charge in [-0.05, 0) is 57.7 Å². The van der Waals surface area contributed by atoms with Crippen molar-refractivity contribution in [3.63, 3.8) is 0 Å². The predicted molar refractivity (Wildman–Crippen MR) is 147 cm³/mol. The third-order valence-corrected chi connectivity index (χ3v) is 8.08. The molecule has 2 N–H and O–H groups in total. The minimum Gasteiger partial charge on any atom is -0.393 e. The van der Waals surface area contributed by atoms with Crippen molar-refractivity contribution in [2.45, 2.75) is 77.1 Å². The quantitative estimate of drug-likeness (QED) is 0.443. The lowest BCUT2D eigenvalue weighted by molar-refractivity contribution is 0.111. The van der Waals surface area contributed by atoms with Gasteiger partial charge in [-0.25, -0.2) is 9.37 Å². The number of fused-ring (bicyclic) bond motifs is 1. The van der Waals surface area contributed by atoms with Crippen LogP contribution >= 0.6 is 0 Å². The molecule has 0 unspecified atom stereocenters. The molecular weight excluding hydrogens is 467 g/mol. The van der Waals surface area contributed by atoms with Crippen LogP contribution in [0.15, 0.2) is 30.6 Å². The van der Waals surface area contributed by atoms with Gasteiger partial charge < -0.3 is 19.9 Å². The molecule has 7 nitrogen and oxygen atoms in total. The second kappa shape index (κ2) is 11.5. The Kier molecular flexibility index (Phi) is 8.07. The molecule has 3 heterocycles. The summed E-state index contributed by atoms with van der Waals surface area (Å²) in [5, 5.41) is 14.4. The maximum Gasteiger partial charge on any atom is 0.224 e. The first-order valence-electron chi connectivity index (χ1n) is 13.9. The Morgan fingerprint density at radius 2 is 1.89 bits per heavy atom. The largest absolute Gasteiger partial charge is 0.393 e. The van der Waals surface area contributed by atoms with E-state index in [1.54, 1.807) is 6.07 Å². The normalized spacial score (nSPS) is 22.4. The average Bonchev–Trinajstić information content (AvgIpc) is 3.26.